The van der Waals surface area contributed by atoms with Crippen LogP contribution in [0.5, 0.6) is 5.75 Å². The summed E-state index contributed by atoms with van der Waals surface area (Å²) in [5.74, 6) is 0.628. The zero-order chi connectivity index (χ0) is 17.9. The molecule has 0 aliphatic carbocycles. The zero-order valence-electron chi connectivity index (χ0n) is 14.3. The van der Waals surface area contributed by atoms with E-state index in [4.69, 9.17) is 4.74 Å². The fourth-order valence-corrected chi connectivity index (χ4v) is 3.38. The number of nitrogens with zero attached hydrogens (tertiary/aromatic N) is 3. The van der Waals surface area contributed by atoms with Crippen LogP contribution in [0.1, 0.15) is 23.3 Å². The van der Waals surface area contributed by atoms with Crippen LogP contribution < -0.4 is 4.74 Å². The number of hydrogen-bond acceptors (Lipinski definition) is 3. The first kappa shape index (κ1) is 16.6. The Balaban J connectivity index is 1.41. The van der Waals surface area contributed by atoms with E-state index in [9.17, 15) is 9.18 Å². The molecular weight excluding hydrogens is 333 g/mol. The number of ether oxygens (including phenoxy) is 1. The van der Waals surface area contributed by atoms with Gasteiger partial charge in [0.15, 0.2) is 0 Å². The van der Waals surface area contributed by atoms with Gasteiger partial charge in [-0.05, 0) is 49.2 Å². The molecule has 1 aromatic carbocycles. The van der Waals surface area contributed by atoms with Crippen LogP contribution in [0.3, 0.4) is 0 Å². The van der Waals surface area contributed by atoms with Gasteiger partial charge in [0, 0.05) is 25.2 Å². The molecule has 1 atom stereocenters. The number of hydrogen-bond donors (Lipinski definition) is 0. The van der Waals surface area contributed by atoms with Crippen molar-refractivity contribution in [3.05, 3.63) is 66.4 Å². The van der Waals surface area contributed by atoms with Gasteiger partial charge in [-0.15, -0.1) is 0 Å². The number of halogens is 1. The van der Waals surface area contributed by atoms with Gasteiger partial charge in [0.2, 0.25) is 0 Å². The van der Waals surface area contributed by atoms with Gasteiger partial charge < -0.3 is 9.64 Å². The van der Waals surface area contributed by atoms with Gasteiger partial charge in [-0.3, -0.25) is 9.20 Å². The predicted molar refractivity (Wildman–Crippen MR) is 95.7 cm³/mol. The first-order chi connectivity index (χ1) is 12.7. The van der Waals surface area contributed by atoms with Crippen molar-refractivity contribution in [1.29, 1.82) is 0 Å². The SMILES string of the molecule is O=C(c1cnc2ccccn12)N1CCCC(COc2ccc(F)cc2)C1. The van der Waals surface area contributed by atoms with Crippen LogP contribution >= 0.6 is 0 Å². The van der Waals surface area contributed by atoms with Crippen LogP contribution in [-0.2, 0) is 0 Å². The lowest BCUT2D eigenvalue weighted by Crippen LogP contribution is -2.42. The summed E-state index contributed by atoms with van der Waals surface area (Å²) >= 11 is 0. The first-order valence-electron chi connectivity index (χ1n) is 8.80. The van der Waals surface area contributed by atoms with Crippen LogP contribution in [-0.4, -0.2) is 39.9 Å². The Kier molecular flexibility index (Phi) is 4.56. The minimum Gasteiger partial charge on any atom is -0.493 e. The number of aromatic nitrogens is 2. The van der Waals surface area contributed by atoms with Crippen LogP contribution in [0.2, 0.25) is 0 Å². The molecule has 3 heterocycles. The van der Waals surface area contributed by atoms with E-state index in [1.165, 1.54) is 12.1 Å². The van der Waals surface area contributed by atoms with Crippen molar-refractivity contribution in [3.8, 4) is 5.75 Å². The van der Waals surface area contributed by atoms with E-state index in [1.54, 1.807) is 18.3 Å². The third-order valence-electron chi connectivity index (χ3n) is 4.74. The van der Waals surface area contributed by atoms with Gasteiger partial charge in [0.25, 0.3) is 5.91 Å². The largest absolute Gasteiger partial charge is 0.493 e. The van der Waals surface area contributed by atoms with Gasteiger partial charge in [-0.1, -0.05) is 6.07 Å². The molecule has 5 nitrogen and oxygen atoms in total. The van der Waals surface area contributed by atoms with E-state index < -0.39 is 0 Å². The lowest BCUT2D eigenvalue weighted by Gasteiger charge is -2.32. The van der Waals surface area contributed by atoms with Crippen LogP contribution in [0, 0.1) is 11.7 Å². The fourth-order valence-electron chi connectivity index (χ4n) is 3.38. The number of imidazole rings is 1. The van der Waals surface area contributed by atoms with Crippen molar-refractivity contribution in [3.63, 3.8) is 0 Å². The number of likely N-dealkylation sites (tertiary alicyclic amines) is 1. The highest BCUT2D eigenvalue weighted by molar-refractivity contribution is 5.93. The van der Waals surface area contributed by atoms with E-state index in [-0.39, 0.29) is 17.6 Å². The highest BCUT2D eigenvalue weighted by Crippen LogP contribution is 2.21. The highest BCUT2D eigenvalue weighted by Gasteiger charge is 2.26. The molecule has 3 aromatic rings. The lowest BCUT2D eigenvalue weighted by atomic mass is 9.98. The third kappa shape index (κ3) is 3.40. The maximum atomic E-state index is 13.0. The summed E-state index contributed by atoms with van der Waals surface area (Å²) in [6, 6.07) is 11.7. The fraction of sp³-hybridized carbons (Fsp3) is 0.300. The van der Waals surface area contributed by atoms with Gasteiger partial charge in [0.05, 0.1) is 12.8 Å². The van der Waals surface area contributed by atoms with Crippen molar-refractivity contribution in [2.45, 2.75) is 12.8 Å². The molecule has 0 saturated carbocycles. The van der Waals surface area contributed by atoms with Crippen molar-refractivity contribution < 1.29 is 13.9 Å². The smallest absolute Gasteiger partial charge is 0.272 e. The topological polar surface area (TPSA) is 46.8 Å². The Morgan fingerprint density at radius 2 is 2.08 bits per heavy atom. The van der Waals surface area contributed by atoms with E-state index in [0.717, 1.165) is 25.0 Å². The number of carbonyl (C=O) groups excluding carboxylic acids is 1. The van der Waals surface area contributed by atoms with Gasteiger partial charge in [-0.2, -0.15) is 0 Å². The third-order valence-corrected chi connectivity index (χ3v) is 4.74. The Morgan fingerprint density at radius 1 is 1.23 bits per heavy atom. The molecule has 0 radical (unpaired) electrons. The van der Waals surface area contributed by atoms with E-state index >= 15 is 0 Å². The second-order valence-electron chi connectivity index (χ2n) is 6.60. The Hall–Kier alpha value is -2.89. The highest BCUT2D eigenvalue weighted by atomic mass is 19.1. The molecule has 0 bridgehead atoms. The molecule has 4 rings (SSSR count). The average molecular weight is 353 g/mol. The summed E-state index contributed by atoms with van der Waals surface area (Å²) in [6.45, 7) is 1.91. The molecular formula is C20H20FN3O2. The molecule has 0 spiro atoms. The van der Waals surface area contributed by atoms with Crippen LogP contribution in [0.25, 0.3) is 5.65 Å². The molecule has 1 amide bonds. The molecule has 1 aliphatic rings. The minimum absolute atomic E-state index is 0.00446. The number of pyridine rings is 1. The van der Waals surface area contributed by atoms with E-state index in [1.807, 2.05) is 33.7 Å². The Labute approximate surface area is 151 Å². The standard InChI is InChI=1S/C20H20FN3O2/c21-16-6-8-17(9-7-16)26-14-15-4-3-10-23(13-15)20(25)18-12-22-19-5-1-2-11-24(18)19/h1-2,5-9,11-12,15H,3-4,10,13-14H2. The molecule has 6 heteroatoms. The summed E-state index contributed by atoms with van der Waals surface area (Å²) in [4.78, 5) is 19.1. The lowest BCUT2D eigenvalue weighted by molar-refractivity contribution is 0.0626. The maximum Gasteiger partial charge on any atom is 0.272 e. The number of amides is 1. The second-order valence-corrected chi connectivity index (χ2v) is 6.60. The number of fused-ring (bicyclic) bond motifs is 1. The zero-order valence-corrected chi connectivity index (χ0v) is 14.3. The molecule has 1 unspecified atom stereocenters. The van der Waals surface area contributed by atoms with Crippen molar-refractivity contribution in [2.24, 2.45) is 5.92 Å². The monoisotopic (exact) mass is 353 g/mol. The summed E-state index contributed by atoms with van der Waals surface area (Å²) in [5.41, 5.74) is 1.35. The Bertz CT molecular complexity index is 907. The van der Waals surface area contributed by atoms with E-state index in [2.05, 4.69) is 4.98 Å². The second kappa shape index (κ2) is 7.15. The molecule has 134 valence electrons. The normalized spacial score (nSPS) is 17.4. The molecule has 1 saturated heterocycles. The number of carbonyl (C=O) groups is 1. The summed E-state index contributed by atoms with van der Waals surface area (Å²) in [6.07, 6.45) is 5.45. The van der Waals surface area contributed by atoms with Crippen molar-refractivity contribution in [1.82, 2.24) is 14.3 Å². The summed E-state index contributed by atoms with van der Waals surface area (Å²) < 4.78 is 20.5. The first-order valence-corrected chi connectivity index (χ1v) is 8.80. The molecule has 2 aromatic heterocycles. The predicted octanol–water partition coefficient (Wildman–Crippen LogP) is 3.40. The quantitative estimate of drug-likeness (QED) is 0.722. The Morgan fingerprint density at radius 3 is 2.92 bits per heavy atom. The van der Waals surface area contributed by atoms with Gasteiger partial charge in [-0.25, -0.2) is 9.37 Å². The molecule has 1 fully saturated rings. The van der Waals surface area contributed by atoms with Crippen molar-refractivity contribution in [2.75, 3.05) is 19.7 Å². The molecule has 26 heavy (non-hydrogen) atoms. The molecule has 0 N–H and O–H groups in total. The number of rotatable bonds is 4. The number of benzene rings is 1. The van der Waals surface area contributed by atoms with Crippen LogP contribution in [0.15, 0.2) is 54.9 Å². The van der Waals surface area contributed by atoms with E-state index in [0.29, 0.717) is 24.6 Å². The maximum absolute atomic E-state index is 13.0. The van der Waals surface area contributed by atoms with Crippen molar-refractivity contribution >= 4 is 11.6 Å². The summed E-state index contributed by atoms with van der Waals surface area (Å²) in [7, 11) is 0. The number of piperidine rings is 1. The average Bonchev–Trinajstić information content (AvgIpc) is 3.11. The van der Waals surface area contributed by atoms with Crippen LogP contribution in [0.4, 0.5) is 4.39 Å². The van der Waals surface area contributed by atoms with Gasteiger partial charge in [0.1, 0.15) is 22.9 Å². The summed E-state index contributed by atoms with van der Waals surface area (Å²) in [5, 5.41) is 0. The molecule has 1 aliphatic heterocycles. The minimum atomic E-state index is -0.278. The van der Waals surface area contributed by atoms with Gasteiger partial charge >= 0.3 is 0 Å².